The van der Waals surface area contributed by atoms with Crippen LogP contribution in [0.25, 0.3) is 0 Å². The van der Waals surface area contributed by atoms with Gasteiger partial charge in [0.2, 0.25) is 10.0 Å². The molecule has 0 aromatic heterocycles. The van der Waals surface area contributed by atoms with Gasteiger partial charge in [0.15, 0.2) is 0 Å². The maximum atomic E-state index is 12.4. The molecule has 21 heavy (non-hydrogen) atoms. The van der Waals surface area contributed by atoms with Gasteiger partial charge in [0.1, 0.15) is 5.75 Å². The lowest BCUT2D eigenvalue weighted by Crippen LogP contribution is -2.31. The van der Waals surface area contributed by atoms with Crippen LogP contribution in [0.2, 0.25) is 0 Å². The van der Waals surface area contributed by atoms with Gasteiger partial charge in [0.05, 0.1) is 18.1 Å². The lowest BCUT2D eigenvalue weighted by atomic mass is 10.1. The van der Waals surface area contributed by atoms with Crippen molar-refractivity contribution >= 4 is 10.0 Å². The zero-order chi connectivity index (χ0) is 15.3. The maximum absolute atomic E-state index is 12.4. The molecule has 1 atom stereocenters. The third-order valence-corrected chi connectivity index (χ3v) is 5.68. The summed E-state index contributed by atoms with van der Waals surface area (Å²) >= 11 is 0. The summed E-state index contributed by atoms with van der Waals surface area (Å²) in [6, 6.07) is 6.46. The molecule has 1 aromatic rings. The standard InChI is InChI=1S/C15H23NO4S/c1-16(11-10-14-5-3-4-12-20-14)21(17,18)15-8-6-13(19-2)7-9-15/h6-9,14H,3-5,10-12H2,1-2H3. The molecule has 118 valence electrons. The van der Waals surface area contributed by atoms with Crippen molar-refractivity contribution in [3.05, 3.63) is 24.3 Å². The molecule has 1 aromatic carbocycles. The van der Waals surface area contributed by atoms with Crippen LogP contribution in [-0.4, -0.2) is 46.1 Å². The number of hydrogen-bond acceptors (Lipinski definition) is 4. The van der Waals surface area contributed by atoms with E-state index in [4.69, 9.17) is 9.47 Å². The van der Waals surface area contributed by atoms with Gasteiger partial charge in [-0.2, -0.15) is 0 Å². The van der Waals surface area contributed by atoms with Crippen molar-refractivity contribution in [1.82, 2.24) is 4.31 Å². The van der Waals surface area contributed by atoms with E-state index in [1.807, 2.05) is 0 Å². The second-order valence-electron chi connectivity index (χ2n) is 5.28. The average molecular weight is 313 g/mol. The van der Waals surface area contributed by atoms with E-state index in [0.29, 0.717) is 12.3 Å². The van der Waals surface area contributed by atoms with Gasteiger partial charge in [0, 0.05) is 20.2 Å². The van der Waals surface area contributed by atoms with Crippen molar-refractivity contribution in [3.63, 3.8) is 0 Å². The number of methoxy groups -OCH3 is 1. The molecule has 1 heterocycles. The van der Waals surface area contributed by atoms with Gasteiger partial charge in [-0.1, -0.05) is 0 Å². The van der Waals surface area contributed by atoms with E-state index in [0.717, 1.165) is 25.9 Å². The summed E-state index contributed by atoms with van der Waals surface area (Å²) in [6.07, 6.45) is 4.23. The summed E-state index contributed by atoms with van der Waals surface area (Å²) < 4.78 is 37.0. The zero-order valence-corrected chi connectivity index (χ0v) is 13.4. The molecular weight excluding hydrogens is 290 g/mol. The van der Waals surface area contributed by atoms with Crippen LogP contribution in [0.1, 0.15) is 25.7 Å². The molecule has 0 spiro atoms. The van der Waals surface area contributed by atoms with Crippen LogP contribution in [0.4, 0.5) is 0 Å². The lowest BCUT2D eigenvalue weighted by Gasteiger charge is -2.25. The van der Waals surface area contributed by atoms with E-state index in [1.165, 1.54) is 10.7 Å². The Kier molecular flexibility index (Phi) is 5.61. The molecule has 6 heteroatoms. The van der Waals surface area contributed by atoms with Crippen molar-refractivity contribution in [3.8, 4) is 5.75 Å². The van der Waals surface area contributed by atoms with Gasteiger partial charge < -0.3 is 9.47 Å². The highest BCUT2D eigenvalue weighted by molar-refractivity contribution is 7.89. The van der Waals surface area contributed by atoms with Crippen LogP contribution < -0.4 is 4.74 Å². The minimum absolute atomic E-state index is 0.187. The van der Waals surface area contributed by atoms with Crippen molar-refractivity contribution in [2.75, 3.05) is 27.3 Å². The van der Waals surface area contributed by atoms with Gasteiger partial charge >= 0.3 is 0 Å². The SMILES string of the molecule is COc1ccc(S(=O)(=O)N(C)CCC2CCCCO2)cc1. The highest BCUT2D eigenvalue weighted by Crippen LogP contribution is 2.20. The van der Waals surface area contributed by atoms with Crippen molar-refractivity contribution < 1.29 is 17.9 Å². The number of ether oxygens (including phenoxy) is 2. The van der Waals surface area contributed by atoms with Crippen molar-refractivity contribution in [2.24, 2.45) is 0 Å². The molecule has 5 nitrogen and oxygen atoms in total. The molecule has 0 bridgehead atoms. The number of nitrogens with zero attached hydrogens (tertiary/aromatic N) is 1. The fraction of sp³-hybridized carbons (Fsp3) is 0.600. The van der Waals surface area contributed by atoms with Gasteiger partial charge in [-0.25, -0.2) is 12.7 Å². The third-order valence-electron chi connectivity index (χ3n) is 3.81. The van der Waals surface area contributed by atoms with E-state index in [-0.39, 0.29) is 11.0 Å². The first-order chi connectivity index (χ1) is 10.0. The molecular formula is C15H23NO4S. The minimum Gasteiger partial charge on any atom is -0.497 e. The Labute approximate surface area is 126 Å². The molecule has 0 N–H and O–H groups in total. The number of benzene rings is 1. The summed E-state index contributed by atoms with van der Waals surface area (Å²) in [4.78, 5) is 0.287. The molecule has 1 saturated heterocycles. The summed E-state index contributed by atoms with van der Waals surface area (Å²) in [5.74, 6) is 0.646. The smallest absolute Gasteiger partial charge is 0.242 e. The first-order valence-corrected chi connectivity index (χ1v) is 8.70. The van der Waals surface area contributed by atoms with Gasteiger partial charge in [-0.05, 0) is 49.9 Å². The Hall–Kier alpha value is -1.11. The first kappa shape index (κ1) is 16.3. The quantitative estimate of drug-likeness (QED) is 0.808. The second kappa shape index (κ2) is 7.24. The van der Waals surface area contributed by atoms with Crippen LogP contribution in [0, 0.1) is 0 Å². The molecule has 2 rings (SSSR count). The monoisotopic (exact) mass is 313 g/mol. The van der Waals surface area contributed by atoms with Crippen molar-refractivity contribution in [1.29, 1.82) is 0 Å². The molecule has 0 radical (unpaired) electrons. The predicted octanol–water partition coefficient (Wildman–Crippen LogP) is 2.27. The molecule has 1 aliphatic rings. The van der Waals surface area contributed by atoms with E-state index in [1.54, 1.807) is 38.4 Å². The average Bonchev–Trinajstić information content (AvgIpc) is 2.53. The Balaban J connectivity index is 1.96. The fourth-order valence-electron chi connectivity index (χ4n) is 2.41. The lowest BCUT2D eigenvalue weighted by molar-refractivity contribution is 0.00950. The Morgan fingerprint density at radius 3 is 2.57 bits per heavy atom. The third kappa shape index (κ3) is 4.18. The molecule has 0 aliphatic carbocycles. The maximum Gasteiger partial charge on any atom is 0.242 e. The molecule has 0 amide bonds. The summed E-state index contributed by atoms with van der Waals surface area (Å²) in [5.41, 5.74) is 0. The van der Waals surface area contributed by atoms with E-state index in [2.05, 4.69) is 0 Å². The molecule has 0 saturated carbocycles. The fourth-order valence-corrected chi connectivity index (χ4v) is 3.59. The van der Waals surface area contributed by atoms with Crippen LogP contribution in [-0.2, 0) is 14.8 Å². The molecule has 1 fully saturated rings. The number of sulfonamides is 1. The van der Waals surface area contributed by atoms with Crippen molar-refractivity contribution in [2.45, 2.75) is 36.7 Å². The van der Waals surface area contributed by atoms with Crippen LogP contribution in [0.5, 0.6) is 5.75 Å². The molecule has 1 aliphatic heterocycles. The zero-order valence-electron chi connectivity index (χ0n) is 12.6. The highest BCUT2D eigenvalue weighted by atomic mass is 32.2. The van der Waals surface area contributed by atoms with Gasteiger partial charge in [-0.15, -0.1) is 0 Å². The molecule has 1 unspecified atom stereocenters. The van der Waals surface area contributed by atoms with E-state index >= 15 is 0 Å². The number of rotatable bonds is 6. The van der Waals surface area contributed by atoms with Crippen LogP contribution >= 0.6 is 0 Å². The largest absolute Gasteiger partial charge is 0.497 e. The second-order valence-corrected chi connectivity index (χ2v) is 7.32. The summed E-state index contributed by atoms with van der Waals surface area (Å²) in [6.45, 7) is 1.26. The van der Waals surface area contributed by atoms with Crippen LogP contribution in [0.3, 0.4) is 0 Å². The topological polar surface area (TPSA) is 55.8 Å². The van der Waals surface area contributed by atoms with Crippen LogP contribution in [0.15, 0.2) is 29.2 Å². The normalized spacial score (nSPS) is 19.7. The van der Waals surface area contributed by atoms with E-state index < -0.39 is 10.0 Å². The Bertz CT molecular complexity index is 535. The first-order valence-electron chi connectivity index (χ1n) is 7.26. The number of hydrogen-bond donors (Lipinski definition) is 0. The Morgan fingerprint density at radius 1 is 1.29 bits per heavy atom. The van der Waals surface area contributed by atoms with Gasteiger partial charge in [-0.3, -0.25) is 0 Å². The van der Waals surface area contributed by atoms with Gasteiger partial charge in [0.25, 0.3) is 0 Å². The predicted molar refractivity (Wildman–Crippen MR) is 81.0 cm³/mol. The Morgan fingerprint density at radius 2 is 2.00 bits per heavy atom. The minimum atomic E-state index is -3.44. The highest BCUT2D eigenvalue weighted by Gasteiger charge is 2.22. The summed E-state index contributed by atoms with van der Waals surface area (Å²) in [5, 5.41) is 0. The van der Waals surface area contributed by atoms with E-state index in [9.17, 15) is 8.42 Å². The summed E-state index contributed by atoms with van der Waals surface area (Å²) in [7, 11) is -0.274.